The molecule has 2 rings (SSSR count). The Morgan fingerprint density at radius 2 is 1.70 bits per heavy atom. The summed E-state index contributed by atoms with van der Waals surface area (Å²) in [7, 11) is 3.26. The summed E-state index contributed by atoms with van der Waals surface area (Å²) in [5, 5.41) is 13.1. The highest BCUT2D eigenvalue weighted by atomic mass is 16.5. The topological polar surface area (TPSA) is 50.7 Å². The summed E-state index contributed by atoms with van der Waals surface area (Å²) in [5.41, 5.74) is 1.94. The first kappa shape index (κ1) is 14.2. The lowest BCUT2D eigenvalue weighted by Crippen LogP contribution is -2.12. The standard InChI is InChI=1S/C16H19NO3/c1-19-14-5-3-4-12(8-14)10-17-11-13-9-15(20-2)6-7-16(13)18/h3-9,17-18H,10-11H2,1-2H3. The van der Waals surface area contributed by atoms with E-state index in [1.807, 2.05) is 30.3 Å². The fourth-order valence-electron chi connectivity index (χ4n) is 1.95. The van der Waals surface area contributed by atoms with E-state index >= 15 is 0 Å². The van der Waals surface area contributed by atoms with Crippen LogP contribution in [0.15, 0.2) is 42.5 Å². The first-order valence-corrected chi connectivity index (χ1v) is 6.42. The van der Waals surface area contributed by atoms with E-state index in [1.165, 1.54) is 0 Å². The molecule has 0 saturated carbocycles. The summed E-state index contributed by atoms with van der Waals surface area (Å²) in [5.74, 6) is 1.85. The van der Waals surface area contributed by atoms with Crippen molar-refractivity contribution in [1.82, 2.24) is 5.32 Å². The van der Waals surface area contributed by atoms with Gasteiger partial charge in [-0.1, -0.05) is 12.1 Å². The number of hydrogen-bond acceptors (Lipinski definition) is 4. The van der Waals surface area contributed by atoms with Crippen LogP contribution in [0.4, 0.5) is 0 Å². The van der Waals surface area contributed by atoms with Crippen molar-refractivity contribution in [1.29, 1.82) is 0 Å². The Hall–Kier alpha value is -2.20. The summed E-state index contributed by atoms with van der Waals surface area (Å²) in [6.07, 6.45) is 0. The van der Waals surface area contributed by atoms with E-state index < -0.39 is 0 Å². The number of benzene rings is 2. The number of ether oxygens (including phenoxy) is 2. The quantitative estimate of drug-likeness (QED) is 0.849. The van der Waals surface area contributed by atoms with Gasteiger partial charge in [0.15, 0.2) is 0 Å². The highest BCUT2D eigenvalue weighted by molar-refractivity contribution is 5.39. The predicted octanol–water partition coefficient (Wildman–Crippen LogP) is 2.70. The van der Waals surface area contributed by atoms with Gasteiger partial charge >= 0.3 is 0 Å². The summed E-state index contributed by atoms with van der Waals surface area (Å²) in [6.45, 7) is 1.27. The molecule has 0 radical (unpaired) electrons. The number of rotatable bonds is 6. The molecule has 0 aliphatic carbocycles. The van der Waals surface area contributed by atoms with Crippen molar-refractivity contribution in [3.63, 3.8) is 0 Å². The Balaban J connectivity index is 1.95. The first-order chi connectivity index (χ1) is 9.72. The molecular weight excluding hydrogens is 254 g/mol. The van der Waals surface area contributed by atoms with E-state index in [-0.39, 0.29) is 5.75 Å². The largest absolute Gasteiger partial charge is 0.508 e. The molecule has 0 heterocycles. The SMILES string of the molecule is COc1cccc(CNCc2cc(OC)ccc2O)c1. The Morgan fingerprint density at radius 1 is 0.950 bits per heavy atom. The minimum Gasteiger partial charge on any atom is -0.508 e. The molecule has 0 aromatic heterocycles. The normalized spacial score (nSPS) is 10.3. The van der Waals surface area contributed by atoms with Gasteiger partial charge in [-0.2, -0.15) is 0 Å². The van der Waals surface area contributed by atoms with Crippen LogP contribution in [0.2, 0.25) is 0 Å². The molecule has 0 fully saturated rings. The molecule has 0 unspecified atom stereocenters. The van der Waals surface area contributed by atoms with Crippen LogP contribution < -0.4 is 14.8 Å². The Labute approximate surface area is 119 Å². The monoisotopic (exact) mass is 273 g/mol. The van der Waals surface area contributed by atoms with Gasteiger partial charge < -0.3 is 19.9 Å². The third-order valence-corrected chi connectivity index (χ3v) is 3.07. The van der Waals surface area contributed by atoms with Gasteiger partial charge in [-0.3, -0.25) is 0 Å². The molecule has 20 heavy (non-hydrogen) atoms. The van der Waals surface area contributed by atoms with E-state index in [1.54, 1.807) is 26.4 Å². The summed E-state index contributed by atoms with van der Waals surface area (Å²) < 4.78 is 10.3. The molecule has 106 valence electrons. The molecule has 0 atom stereocenters. The molecule has 0 aliphatic heterocycles. The summed E-state index contributed by atoms with van der Waals surface area (Å²) in [4.78, 5) is 0. The van der Waals surface area contributed by atoms with Crippen LogP contribution in [0.5, 0.6) is 17.2 Å². The predicted molar refractivity (Wildman–Crippen MR) is 78.2 cm³/mol. The summed E-state index contributed by atoms with van der Waals surface area (Å²) >= 11 is 0. The number of phenolic OH excluding ortho intramolecular Hbond substituents is 1. The van der Waals surface area contributed by atoms with Crippen molar-refractivity contribution in [3.05, 3.63) is 53.6 Å². The molecule has 0 saturated heterocycles. The van der Waals surface area contributed by atoms with Crippen LogP contribution in [-0.4, -0.2) is 19.3 Å². The Morgan fingerprint density at radius 3 is 2.45 bits per heavy atom. The maximum Gasteiger partial charge on any atom is 0.120 e. The molecule has 2 aromatic carbocycles. The van der Waals surface area contributed by atoms with E-state index in [4.69, 9.17) is 9.47 Å². The minimum atomic E-state index is 0.268. The fourth-order valence-corrected chi connectivity index (χ4v) is 1.95. The van der Waals surface area contributed by atoms with Gasteiger partial charge in [-0.15, -0.1) is 0 Å². The second-order valence-electron chi connectivity index (χ2n) is 4.45. The van der Waals surface area contributed by atoms with Gasteiger partial charge in [-0.05, 0) is 35.9 Å². The lowest BCUT2D eigenvalue weighted by Gasteiger charge is -2.09. The van der Waals surface area contributed by atoms with E-state index in [9.17, 15) is 5.11 Å². The number of hydrogen-bond donors (Lipinski definition) is 2. The Bertz CT molecular complexity index is 569. The third kappa shape index (κ3) is 3.65. The zero-order valence-corrected chi connectivity index (χ0v) is 11.7. The van der Waals surface area contributed by atoms with Crippen LogP contribution in [-0.2, 0) is 13.1 Å². The smallest absolute Gasteiger partial charge is 0.120 e. The number of nitrogens with one attached hydrogen (secondary N) is 1. The van der Waals surface area contributed by atoms with E-state index in [0.717, 1.165) is 22.6 Å². The molecule has 0 amide bonds. The molecule has 0 bridgehead atoms. The van der Waals surface area contributed by atoms with Gasteiger partial charge in [0.1, 0.15) is 17.2 Å². The van der Waals surface area contributed by atoms with Crippen LogP contribution >= 0.6 is 0 Å². The van der Waals surface area contributed by atoms with Gasteiger partial charge in [0, 0.05) is 18.7 Å². The second-order valence-corrected chi connectivity index (χ2v) is 4.45. The molecule has 2 N–H and O–H groups in total. The van der Waals surface area contributed by atoms with Crippen molar-refractivity contribution < 1.29 is 14.6 Å². The maximum atomic E-state index is 9.79. The lowest BCUT2D eigenvalue weighted by molar-refractivity contribution is 0.410. The van der Waals surface area contributed by atoms with E-state index in [0.29, 0.717) is 13.1 Å². The molecule has 4 nitrogen and oxygen atoms in total. The van der Waals surface area contributed by atoms with Crippen molar-refractivity contribution in [2.75, 3.05) is 14.2 Å². The molecule has 0 spiro atoms. The van der Waals surface area contributed by atoms with Crippen molar-refractivity contribution in [2.24, 2.45) is 0 Å². The van der Waals surface area contributed by atoms with Crippen LogP contribution in [0.25, 0.3) is 0 Å². The molecular formula is C16H19NO3. The van der Waals surface area contributed by atoms with Crippen LogP contribution in [0.1, 0.15) is 11.1 Å². The van der Waals surface area contributed by atoms with Gasteiger partial charge in [0.2, 0.25) is 0 Å². The van der Waals surface area contributed by atoms with Gasteiger partial charge in [0.05, 0.1) is 14.2 Å². The molecule has 4 heteroatoms. The second kappa shape index (κ2) is 6.82. The van der Waals surface area contributed by atoms with Gasteiger partial charge in [-0.25, -0.2) is 0 Å². The molecule has 0 aliphatic rings. The molecule has 2 aromatic rings. The third-order valence-electron chi connectivity index (χ3n) is 3.07. The van der Waals surface area contributed by atoms with Crippen LogP contribution in [0, 0.1) is 0 Å². The lowest BCUT2D eigenvalue weighted by atomic mass is 10.1. The average Bonchev–Trinajstić information content (AvgIpc) is 2.49. The summed E-state index contributed by atoms with van der Waals surface area (Å²) in [6, 6.07) is 13.1. The van der Waals surface area contributed by atoms with Crippen molar-refractivity contribution >= 4 is 0 Å². The maximum absolute atomic E-state index is 9.79. The Kier molecular flexibility index (Phi) is 4.85. The zero-order valence-electron chi connectivity index (χ0n) is 11.7. The zero-order chi connectivity index (χ0) is 14.4. The highest BCUT2D eigenvalue weighted by Gasteiger charge is 2.03. The number of phenols is 1. The van der Waals surface area contributed by atoms with Gasteiger partial charge in [0.25, 0.3) is 0 Å². The van der Waals surface area contributed by atoms with Crippen LogP contribution in [0.3, 0.4) is 0 Å². The minimum absolute atomic E-state index is 0.268. The fraction of sp³-hybridized carbons (Fsp3) is 0.250. The average molecular weight is 273 g/mol. The highest BCUT2D eigenvalue weighted by Crippen LogP contribution is 2.22. The number of aromatic hydroxyl groups is 1. The van der Waals surface area contributed by atoms with E-state index in [2.05, 4.69) is 5.32 Å². The van der Waals surface area contributed by atoms with Crippen molar-refractivity contribution in [3.8, 4) is 17.2 Å². The number of methoxy groups -OCH3 is 2. The van der Waals surface area contributed by atoms with Crippen molar-refractivity contribution in [2.45, 2.75) is 13.1 Å². The first-order valence-electron chi connectivity index (χ1n) is 6.42.